The van der Waals surface area contributed by atoms with Crippen molar-refractivity contribution in [2.24, 2.45) is 17.4 Å². The molecule has 12 amide bonds. The molecule has 6 aromatic rings. The van der Waals surface area contributed by atoms with Gasteiger partial charge < -0.3 is 79.5 Å². The minimum Gasteiger partial charge on any atom is -0.508 e. The second-order valence-corrected chi connectivity index (χ2v) is 28.3. The number of fused-ring (bicyclic) bond motifs is 3. The number of benzene rings is 4. The van der Waals surface area contributed by atoms with Gasteiger partial charge in [-0.15, -0.1) is 0 Å². The van der Waals surface area contributed by atoms with Gasteiger partial charge in [0.25, 0.3) is 0 Å². The van der Waals surface area contributed by atoms with E-state index in [4.69, 9.17) is 11.5 Å². The minimum absolute atomic E-state index is 0.00119. The van der Waals surface area contributed by atoms with E-state index in [1.54, 1.807) is 68.4 Å². The Labute approximate surface area is 633 Å². The number of carbonyl (C=O) groups excluding carboxylic acids is 11. The van der Waals surface area contributed by atoms with Crippen LogP contribution in [0.5, 0.6) is 5.75 Å². The number of nitrogens with zero attached hydrogens (tertiary/aromatic N) is 3. The number of hydrogen-bond donors (Lipinski definition) is 17. The van der Waals surface area contributed by atoms with Gasteiger partial charge in [0.15, 0.2) is 0 Å². The molecule has 1 aliphatic heterocycles. The number of rotatable bonds is 40. The van der Waals surface area contributed by atoms with Gasteiger partial charge in [0.05, 0.1) is 18.6 Å². The Morgan fingerprint density at radius 1 is 0.626 bits per heavy atom. The lowest BCUT2D eigenvalue weighted by Crippen LogP contribution is -2.61. The Hall–Kier alpha value is -9.53. The van der Waals surface area contributed by atoms with Crippen LogP contribution in [0.4, 0.5) is 4.79 Å². The maximum Gasteiger partial charge on any atom is 0.324 e. The zero-order valence-corrected chi connectivity index (χ0v) is 63.0. The van der Waals surface area contributed by atoms with Crippen molar-refractivity contribution in [3.63, 3.8) is 0 Å². The number of piperidine rings is 1. The summed E-state index contributed by atoms with van der Waals surface area (Å²) in [4.78, 5) is 167. The number of aromatic hydroxyl groups is 1. The molecule has 12 atom stereocenters. The summed E-state index contributed by atoms with van der Waals surface area (Å²) in [5.41, 5.74) is 17.2. The Morgan fingerprint density at radius 2 is 1.19 bits per heavy atom. The van der Waals surface area contributed by atoms with Crippen LogP contribution in [0.3, 0.4) is 0 Å². The number of carbonyl (C=O) groups is 11. The van der Waals surface area contributed by atoms with Gasteiger partial charge in [-0.05, 0) is 137 Å². The summed E-state index contributed by atoms with van der Waals surface area (Å²) >= 11 is 8.67. The number of hydrogen-bond acceptors (Lipinski definition) is 18. The SMILES string of the molecule is CCCN1C[C@H](C(=O)N(CCCN(C)CC(=O)N[C@H](Cc2ccccc2)C(=O)N[C@@H](CS)C(=O)N[C@@H](Cc2ccc(O)cc2)C(=O)N[C@H](Cc2c[nH]c3ccccc23)C(=O)N[C@@H](CCCCN)C(=O)N[C@@H](CC)C(=O)N[C@@H](CS)C(=O)N[C@H](C(N)=O)[C@@H](C)O)C(=O)NCC)CC2c3cccc4[nH]cc(c34)CC21. The van der Waals surface area contributed by atoms with Gasteiger partial charge in [-0.2, -0.15) is 25.3 Å². The van der Waals surface area contributed by atoms with Gasteiger partial charge in [0.2, 0.25) is 59.1 Å². The van der Waals surface area contributed by atoms with Crippen molar-refractivity contribution < 1.29 is 63.0 Å². The number of H-pyrrole nitrogens is 2. The number of nitrogens with one attached hydrogen (secondary N) is 11. The molecule has 107 heavy (non-hydrogen) atoms. The quantitative estimate of drug-likeness (QED) is 0.0193. The van der Waals surface area contributed by atoms with E-state index in [1.165, 1.54) is 52.6 Å². The number of thiol groups is 2. The number of amides is 12. The van der Waals surface area contributed by atoms with E-state index in [9.17, 15) is 58.2 Å². The number of nitrogens with two attached hydrogens (primary N) is 2. The van der Waals surface area contributed by atoms with Gasteiger partial charge in [0.1, 0.15) is 54.1 Å². The maximum atomic E-state index is 15.1. The van der Waals surface area contributed by atoms with Crippen LogP contribution in [0.2, 0.25) is 0 Å². The highest BCUT2D eigenvalue weighted by Crippen LogP contribution is 2.45. The molecule has 0 spiro atoms. The summed E-state index contributed by atoms with van der Waals surface area (Å²) in [6.07, 6.45) is 5.46. The zero-order chi connectivity index (χ0) is 77.4. The average molecular weight is 1510 g/mol. The molecule has 0 saturated carbocycles. The molecular formula is C76H104N16O13S2. The van der Waals surface area contributed by atoms with Crippen molar-refractivity contribution in [1.29, 1.82) is 0 Å². The second kappa shape index (κ2) is 40.4. The predicted octanol–water partition coefficient (Wildman–Crippen LogP) is 1.85. The minimum atomic E-state index is -1.49. The molecule has 0 bridgehead atoms. The number of likely N-dealkylation sites (N-methyl/N-ethyl adjacent to an activating group) is 1. The molecule has 2 aromatic heterocycles. The molecule has 17 N–H and O–H groups in total. The molecule has 578 valence electrons. The fourth-order valence-corrected chi connectivity index (χ4v) is 14.6. The number of phenolic OH excluding ortho intramolecular Hbond substituents is 1. The number of imide groups is 1. The topological polar surface area (TPSA) is 430 Å². The number of aromatic nitrogens is 2. The first-order valence-corrected chi connectivity index (χ1v) is 37.9. The van der Waals surface area contributed by atoms with Crippen molar-refractivity contribution >= 4 is 112 Å². The molecule has 2 aliphatic rings. The van der Waals surface area contributed by atoms with Crippen molar-refractivity contribution in [2.45, 2.75) is 165 Å². The first-order chi connectivity index (χ1) is 51.4. The molecule has 4 aromatic carbocycles. The number of aromatic amines is 2. The third-order valence-electron chi connectivity index (χ3n) is 19.6. The fraction of sp³-hybridized carbons (Fsp3) is 0.487. The normalized spacial score (nSPS) is 17.3. The summed E-state index contributed by atoms with van der Waals surface area (Å²) in [6.45, 7) is 8.81. The van der Waals surface area contributed by atoms with E-state index in [2.05, 4.69) is 113 Å². The molecule has 8 rings (SSSR count). The van der Waals surface area contributed by atoms with Crippen molar-refractivity contribution in [3.8, 4) is 5.75 Å². The molecular weight excluding hydrogens is 1410 g/mol. The van der Waals surface area contributed by atoms with Gasteiger partial charge in [-0.1, -0.05) is 86.6 Å². The molecule has 3 heterocycles. The van der Waals surface area contributed by atoms with E-state index in [0.29, 0.717) is 66.4 Å². The van der Waals surface area contributed by atoms with Crippen LogP contribution >= 0.6 is 25.3 Å². The number of phenols is 1. The number of para-hydroxylation sites is 1. The van der Waals surface area contributed by atoms with Gasteiger partial charge in [-0.25, -0.2) is 4.79 Å². The van der Waals surface area contributed by atoms with Crippen molar-refractivity contribution in [1.82, 2.24) is 72.5 Å². The second-order valence-electron chi connectivity index (χ2n) is 27.6. The Bertz CT molecular complexity index is 4050. The monoisotopic (exact) mass is 1510 g/mol. The first-order valence-electron chi connectivity index (χ1n) is 36.7. The lowest BCUT2D eigenvalue weighted by molar-refractivity contribution is -0.136. The summed E-state index contributed by atoms with van der Waals surface area (Å²) in [7, 11) is 1.71. The number of aliphatic hydroxyl groups excluding tert-OH is 1. The third kappa shape index (κ3) is 22.8. The average Bonchev–Trinajstić information content (AvgIpc) is 1.67. The molecule has 1 aliphatic carbocycles. The van der Waals surface area contributed by atoms with Crippen LogP contribution in [-0.2, 0) is 73.6 Å². The highest BCUT2D eigenvalue weighted by molar-refractivity contribution is 7.80. The van der Waals surface area contributed by atoms with E-state index in [0.717, 1.165) is 24.9 Å². The van der Waals surface area contributed by atoms with E-state index < -0.39 is 120 Å². The van der Waals surface area contributed by atoms with Crippen LogP contribution in [0, 0.1) is 5.92 Å². The Morgan fingerprint density at radius 3 is 1.81 bits per heavy atom. The van der Waals surface area contributed by atoms with Gasteiger partial charge >= 0.3 is 6.03 Å². The zero-order valence-electron chi connectivity index (χ0n) is 61.2. The smallest absolute Gasteiger partial charge is 0.324 e. The van der Waals surface area contributed by atoms with Crippen molar-refractivity contribution in [2.75, 3.05) is 64.4 Å². The van der Waals surface area contributed by atoms with Crippen LogP contribution in [0.15, 0.2) is 109 Å². The highest BCUT2D eigenvalue weighted by Gasteiger charge is 2.45. The van der Waals surface area contributed by atoms with E-state index in [1.807, 2.05) is 24.3 Å². The molecule has 2 unspecified atom stereocenters. The molecule has 0 radical (unpaired) electrons. The highest BCUT2D eigenvalue weighted by atomic mass is 32.1. The predicted molar refractivity (Wildman–Crippen MR) is 413 cm³/mol. The van der Waals surface area contributed by atoms with Crippen LogP contribution in [-0.4, -0.2) is 225 Å². The lowest BCUT2D eigenvalue weighted by atomic mass is 9.72. The van der Waals surface area contributed by atoms with Crippen LogP contribution in [0.1, 0.15) is 106 Å². The molecule has 31 heteroatoms. The molecule has 1 saturated heterocycles. The van der Waals surface area contributed by atoms with E-state index >= 15 is 4.79 Å². The number of aliphatic hydroxyl groups is 1. The van der Waals surface area contributed by atoms with Crippen molar-refractivity contribution in [3.05, 3.63) is 137 Å². The summed E-state index contributed by atoms with van der Waals surface area (Å²) in [5, 5.41) is 46.4. The summed E-state index contributed by atoms with van der Waals surface area (Å²) in [6, 6.07) is 16.9. The standard InChI is InChI=1S/C76H104N16O13S2/c1-6-30-91-40-49(35-53-52-21-16-24-56-65(52)48(39-81-56)37-63(53)91)75(104)92(76(105)79-8-3)32-17-31-90(5)41-64(95)82-58(33-45-18-10-9-11-19-45)70(99)88-61(42-106)73(102)85-59(34-46-25-27-50(94)28-26-46)71(100)86-60(36-47-38-80-55-22-13-12-20-51(47)55)72(101)84-57(23-14-15-29-77)69(98)83-54(7-2)68(97)87-62(43-107)74(103)89-66(44(4)93)67(78)96/h9-13,16,18-22,24-28,38-39,44,49,53-54,57-63,66,80-81,93-94,106-107H,6-8,14-15,17,23,29-37,40-43,77H2,1-5H3,(H2,78,96)(H,79,105)(H,82,95)(H,83,98)(H,84,101)(H,85,102)(H,86,100)(H,87,97)(H,88,99)(H,89,103)/t44-,49-,53?,54+,57+,58-,59+,60-,61+,62+,63?,66+/m1/s1. The van der Waals surface area contributed by atoms with Crippen LogP contribution < -0.4 is 59.3 Å². The molecule has 1 fully saturated rings. The number of unbranched alkanes of at least 4 members (excludes halogenated alkanes) is 1. The number of likely N-dealkylation sites (tertiary alicyclic amines) is 1. The fourth-order valence-electron chi connectivity index (χ4n) is 14.0. The lowest BCUT2D eigenvalue weighted by Gasteiger charge is -2.47. The van der Waals surface area contributed by atoms with E-state index in [-0.39, 0.29) is 93.4 Å². The van der Waals surface area contributed by atoms with Gasteiger partial charge in [-0.3, -0.25) is 62.6 Å². The largest absolute Gasteiger partial charge is 0.508 e. The third-order valence-corrected chi connectivity index (χ3v) is 20.4. The Kier molecular flexibility index (Phi) is 31.4. The Balaban J connectivity index is 0.955. The summed E-state index contributed by atoms with van der Waals surface area (Å²) < 4.78 is 0. The number of primary amides is 1. The summed E-state index contributed by atoms with van der Waals surface area (Å²) in [5.74, 6) is -8.66. The van der Waals surface area contributed by atoms with Crippen LogP contribution in [0.25, 0.3) is 21.8 Å². The first kappa shape index (κ1) is 83.1. The maximum absolute atomic E-state index is 15.1. The van der Waals surface area contributed by atoms with Gasteiger partial charge in [0, 0.05) is 103 Å². The number of urea groups is 1. The molecule has 29 nitrogen and oxygen atoms in total.